The molecule has 0 aromatic heterocycles. The zero-order valence-corrected chi connectivity index (χ0v) is 12.2. The summed E-state index contributed by atoms with van der Waals surface area (Å²) in [6.45, 7) is 1.94. The van der Waals surface area contributed by atoms with Crippen LogP contribution in [-0.4, -0.2) is 11.9 Å². The Hall–Kier alpha value is -1.06. The van der Waals surface area contributed by atoms with Crippen molar-refractivity contribution in [1.82, 2.24) is 5.32 Å². The first-order valence-electron chi connectivity index (χ1n) is 6.83. The molecule has 1 saturated carbocycles. The van der Waals surface area contributed by atoms with Crippen LogP contribution in [0.5, 0.6) is 0 Å². The molecule has 0 radical (unpaired) electrons. The van der Waals surface area contributed by atoms with Gasteiger partial charge in [-0.15, -0.1) is 12.4 Å². The third-order valence-corrected chi connectivity index (χ3v) is 3.64. The molecule has 4 heteroatoms. The van der Waals surface area contributed by atoms with Crippen LogP contribution in [0.25, 0.3) is 0 Å². The predicted molar refractivity (Wildman–Crippen MR) is 80.6 cm³/mol. The summed E-state index contributed by atoms with van der Waals surface area (Å²) >= 11 is 0. The normalized spacial score (nSPS) is 17.4. The molecule has 106 valence electrons. The predicted octanol–water partition coefficient (Wildman–Crippen LogP) is 3.19. The van der Waals surface area contributed by atoms with E-state index in [9.17, 15) is 4.79 Å². The number of benzene rings is 1. The minimum Gasteiger partial charge on any atom is -0.349 e. The van der Waals surface area contributed by atoms with Crippen LogP contribution in [-0.2, 0) is 0 Å². The molecular formula is C15H23ClN2O. The van der Waals surface area contributed by atoms with E-state index in [-0.39, 0.29) is 24.4 Å². The van der Waals surface area contributed by atoms with E-state index in [0.717, 1.165) is 24.0 Å². The molecule has 1 atom stereocenters. The second-order valence-corrected chi connectivity index (χ2v) is 5.22. The summed E-state index contributed by atoms with van der Waals surface area (Å²) in [5, 5.41) is 3.11. The van der Waals surface area contributed by atoms with Gasteiger partial charge in [0.1, 0.15) is 0 Å². The fourth-order valence-corrected chi connectivity index (χ4v) is 2.45. The van der Waals surface area contributed by atoms with Crippen molar-refractivity contribution in [2.24, 2.45) is 5.73 Å². The van der Waals surface area contributed by atoms with Crippen molar-refractivity contribution in [2.45, 2.75) is 51.1 Å². The minimum absolute atomic E-state index is 0. The Morgan fingerprint density at radius 2 is 1.79 bits per heavy atom. The molecule has 1 fully saturated rings. The van der Waals surface area contributed by atoms with E-state index >= 15 is 0 Å². The van der Waals surface area contributed by atoms with E-state index in [1.54, 1.807) is 0 Å². The highest BCUT2D eigenvalue weighted by Gasteiger charge is 2.16. The summed E-state index contributed by atoms with van der Waals surface area (Å²) in [5.74, 6) is 0.0399. The number of hydrogen-bond acceptors (Lipinski definition) is 2. The summed E-state index contributed by atoms with van der Waals surface area (Å²) in [7, 11) is 0. The van der Waals surface area contributed by atoms with Gasteiger partial charge in [0.2, 0.25) is 0 Å². The number of hydrogen-bond donors (Lipinski definition) is 2. The van der Waals surface area contributed by atoms with Gasteiger partial charge in [0.25, 0.3) is 5.91 Å². The van der Waals surface area contributed by atoms with Gasteiger partial charge in [-0.05, 0) is 37.5 Å². The first-order valence-corrected chi connectivity index (χ1v) is 6.83. The minimum atomic E-state index is 0. The molecule has 0 unspecified atom stereocenters. The zero-order valence-electron chi connectivity index (χ0n) is 11.4. The van der Waals surface area contributed by atoms with Gasteiger partial charge < -0.3 is 11.1 Å². The van der Waals surface area contributed by atoms with Gasteiger partial charge >= 0.3 is 0 Å². The SMILES string of the molecule is C[C@H](N)c1ccc(C(=O)NC2CCCCC2)cc1.Cl. The second-order valence-electron chi connectivity index (χ2n) is 5.22. The number of carbonyl (C=O) groups is 1. The van der Waals surface area contributed by atoms with Crippen LogP contribution >= 0.6 is 12.4 Å². The molecule has 0 spiro atoms. The van der Waals surface area contributed by atoms with Crippen molar-refractivity contribution in [2.75, 3.05) is 0 Å². The third-order valence-electron chi connectivity index (χ3n) is 3.64. The molecule has 1 aliphatic rings. The first-order chi connectivity index (χ1) is 8.66. The van der Waals surface area contributed by atoms with Crippen LogP contribution in [0.2, 0.25) is 0 Å². The summed E-state index contributed by atoms with van der Waals surface area (Å²) in [6.07, 6.45) is 5.99. The molecule has 0 heterocycles. The Labute approximate surface area is 121 Å². The summed E-state index contributed by atoms with van der Waals surface area (Å²) in [5.41, 5.74) is 7.58. The lowest BCUT2D eigenvalue weighted by atomic mass is 9.95. The number of carbonyl (C=O) groups excluding carboxylic acids is 1. The Balaban J connectivity index is 0.00000180. The highest BCUT2D eigenvalue weighted by molar-refractivity contribution is 5.94. The molecule has 19 heavy (non-hydrogen) atoms. The molecule has 0 bridgehead atoms. The Morgan fingerprint density at radius 1 is 1.21 bits per heavy atom. The topological polar surface area (TPSA) is 55.1 Å². The summed E-state index contributed by atoms with van der Waals surface area (Å²) < 4.78 is 0. The maximum Gasteiger partial charge on any atom is 0.251 e. The maximum atomic E-state index is 12.1. The Bertz CT molecular complexity index is 397. The molecule has 1 aromatic rings. The summed E-state index contributed by atoms with van der Waals surface area (Å²) in [4.78, 5) is 12.1. The Kier molecular flexibility index (Phi) is 6.32. The molecule has 1 aliphatic carbocycles. The van der Waals surface area contributed by atoms with Crippen LogP contribution < -0.4 is 11.1 Å². The van der Waals surface area contributed by atoms with Gasteiger partial charge in [-0.25, -0.2) is 0 Å². The molecule has 1 aromatic carbocycles. The number of nitrogens with one attached hydrogen (secondary N) is 1. The fourth-order valence-electron chi connectivity index (χ4n) is 2.45. The molecule has 3 nitrogen and oxygen atoms in total. The van der Waals surface area contributed by atoms with Crippen LogP contribution in [0.15, 0.2) is 24.3 Å². The van der Waals surface area contributed by atoms with Crippen molar-refractivity contribution in [3.05, 3.63) is 35.4 Å². The number of amides is 1. The van der Waals surface area contributed by atoms with Gasteiger partial charge in [0, 0.05) is 17.6 Å². The van der Waals surface area contributed by atoms with Gasteiger partial charge in [0.15, 0.2) is 0 Å². The molecule has 0 saturated heterocycles. The van der Waals surface area contributed by atoms with E-state index in [1.165, 1.54) is 19.3 Å². The third kappa shape index (κ3) is 4.51. The fraction of sp³-hybridized carbons (Fsp3) is 0.533. The van der Waals surface area contributed by atoms with Gasteiger partial charge in [0.05, 0.1) is 0 Å². The van der Waals surface area contributed by atoms with Crippen molar-refractivity contribution in [3.63, 3.8) is 0 Å². The van der Waals surface area contributed by atoms with Gasteiger partial charge in [-0.2, -0.15) is 0 Å². The van der Waals surface area contributed by atoms with E-state index < -0.39 is 0 Å². The highest BCUT2D eigenvalue weighted by atomic mass is 35.5. The number of nitrogens with two attached hydrogens (primary N) is 1. The van der Waals surface area contributed by atoms with Gasteiger partial charge in [-0.3, -0.25) is 4.79 Å². The van der Waals surface area contributed by atoms with E-state index in [0.29, 0.717) is 6.04 Å². The lowest BCUT2D eigenvalue weighted by Gasteiger charge is -2.22. The van der Waals surface area contributed by atoms with Crippen molar-refractivity contribution in [1.29, 1.82) is 0 Å². The highest BCUT2D eigenvalue weighted by Crippen LogP contribution is 2.18. The smallest absolute Gasteiger partial charge is 0.251 e. The zero-order chi connectivity index (χ0) is 13.0. The van der Waals surface area contributed by atoms with Crippen molar-refractivity contribution >= 4 is 18.3 Å². The number of rotatable bonds is 3. The van der Waals surface area contributed by atoms with Gasteiger partial charge in [-0.1, -0.05) is 31.4 Å². The average Bonchev–Trinajstić information content (AvgIpc) is 2.40. The van der Waals surface area contributed by atoms with Crippen LogP contribution in [0.4, 0.5) is 0 Å². The van der Waals surface area contributed by atoms with E-state index in [4.69, 9.17) is 5.73 Å². The standard InChI is InChI=1S/C15H22N2O.ClH/c1-11(16)12-7-9-13(10-8-12)15(18)17-14-5-3-2-4-6-14;/h7-11,14H,2-6,16H2,1H3,(H,17,18);1H/t11-;/m0./s1. The van der Waals surface area contributed by atoms with E-state index in [1.807, 2.05) is 31.2 Å². The van der Waals surface area contributed by atoms with Crippen LogP contribution in [0.1, 0.15) is 61.0 Å². The number of halogens is 1. The molecule has 3 N–H and O–H groups in total. The summed E-state index contributed by atoms with van der Waals surface area (Å²) in [6, 6.07) is 7.95. The molecule has 2 rings (SSSR count). The largest absolute Gasteiger partial charge is 0.349 e. The van der Waals surface area contributed by atoms with Crippen molar-refractivity contribution in [3.8, 4) is 0 Å². The van der Waals surface area contributed by atoms with Crippen LogP contribution in [0, 0.1) is 0 Å². The molecular weight excluding hydrogens is 260 g/mol. The average molecular weight is 283 g/mol. The van der Waals surface area contributed by atoms with E-state index in [2.05, 4.69) is 5.32 Å². The lowest BCUT2D eigenvalue weighted by Crippen LogP contribution is -2.36. The second kappa shape index (κ2) is 7.51. The lowest BCUT2D eigenvalue weighted by molar-refractivity contribution is 0.0927. The first kappa shape index (κ1) is 16.0. The monoisotopic (exact) mass is 282 g/mol. The Morgan fingerprint density at radius 3 is 2.32 bits per heavy atom. The maximum absolute atomic E-state index is 12.1. The quantitative estimate of drug-likeness (QED) is 0.894. The van der Waals surface area contributed by atoms with Crippen molar-refractivity contribution < 1.29 is 4.79 Å². The molecule has 0 aliphatic heterocycles. The van der Waals surface area contributed by atoms with Crippen LogP contribution in [0.3, 0.4) is 0 Å². The molecule has 1 amide bonds.